The molecule has 4 bridgehead atoms. The molecule has 0 aromatic rings. The van der Waals surface area contributed by atoms with Gasteiger partial charge in [0.05, 0.1) is 51.4 Å². The van der Waals surface area contributed by atoms with Crippen LogP contribution in [0.4, 0.5) is 0 Å². The molecule has 0 heterocycles. The summed E-state index contributed by atoms with van der Waals surface area (Å²) >= 11 is 0. The quantitative estimate of drug-likeness (QED) is 0.0967. The monoisotopic (exact) mass is 1060 g/mol. The second-order valence-corrected chi connectivity index (χ2v) is 22.7. The SMILES string of the molecule is CC(C)(C)OC(=O)COC(=O)CCC(=O)OC12CC3(OC(=O)CCC(=O)OCC(=O)OC(C)(C)C)CC(OC(=O)CCC(=O)OCC(=O)OC(C)(C)C)(C1)CC(OC(=O)CCC(=O)OCC(=O)OC(C)(C)C)(C2)C3. The molecule has 416 valence electrons. The lowest BCUT2D eigenvalue weighted by Gasteiger charge is -2.66. The molecule has 0 unspecified atom stereocenters. The number of ether oxygens (including phenoxy) is 12. The summed E-state index contributed by atoms with van der Waals surface area (Å²) in [7, 11) is 0. The van der Waals surface area contributed by atoms with Crippen LogP contribution < -0.4 is 0 Å². The predicted molar refractivity (Wildman–Crippen MR) is 247 cm³/mol. The van der Waals surface area contributed by atoms with Crippen LogP contribution in [0, 0.1) is 0 Å². The van der Waals surface area contributed by atoms with Crippen LogP contribution in [-0.2, 0) is 114 Å². The largest absolute Gasteiger partial charge is 0.459 e. The summed E-state index contributed by atoms with van der Waals surface area (Å²) < 4.78 is 64.8. The average Bonchev–Trinajstić information content (AvgIpc) is 3.19. The molecule has 74 heavy (non-hydrogen) atoms. The number of hydrogen-bond donors (Lipinski definition) is 0. The molecule has 4 aliphatic carbocycles. The fraction of sp³-hybridized carbons (Fsp3) is 0.760. The molecule has 4 fully saturated rings. The lowest BCUT2D eigenvalue weighted by atomic mass is 9.48. The zero-order valence-corrected chi connectivity index (χ0v) is 44.5. The maximum absolute atomic E-state index is 13.7. The van der Waals surface area contributed by atoms with Gasteiger partial charge in [0.15, 0.2) is 26.4 Å². The molecule has 0 aromatic heterocycles. The van der Waals surface area contributed by atoms with E-state index in [4.69, 9.17) is 56.8 Å². The van der Waals surface area contributed by atoms with Crippen LogP contribution in [0.25, 0.3) is 0 Å². The highest BCUT2D eigenvalue weighted by Crippen LogP contribution is 2.66. The topological polar surface area (TPSA) is 316 Å². The van der Waals surface area contributed by atoms with E-state index in [1.165, 1.54) is 0 Å². The molecule has 4 aliphatic rings. The van der Waals surface area contributed by atoms with Gasteiger partial charge in [-0.25, -0.2) is 19.2 Å². The Morgan fingerprint density at radius 1 is 0.257 bits per heavy atom. The summed E-state index contributed by atoms with van der Waals surface area (Å²) in [6.45, 7) is 16.4. The van der Waals surface area contributed by atoms with Gasteiger partial charge in [0.25, 0.3) is 0 Å². The maximum atomic E-state index is 13.7. The van der Waals surface area contributed by atoms with E-state index >= 15 is 0 Å². The Morgan fingerprint density at radius 2 is 0.405 bits per heavy atom. The highest BCUT2D eigenvalue weighted by molar-refractivity contribution is 5.83. The Balaban J connectivity index is 1.93. The molecule has 0 aliphatic heterocycles. The van der Waals surface area contributed by atoms with E-state index in [0.29, 0.717) is 0 Å². The number of hydrogen-bond acceptors (Lipinski definition) is 24. The van der Waals surface area contributed by atoms with Crippen LogP contribution in [0.3, 0.4) is 0 Å². The summed E-state index contributed by atoms with van der Waals surface area (Å²) in [6.07, 6.45) is -6.41. The summed E-state index contributed by atoms with van der Waals surface area (Å²) in [5, 5.41) is 0. The molecule has 24 nitrogen and oxygen atoms in total. The lowest BCUT2D eigenvalue weighted by Crippen LogP contribution is -2.74. The molecule has 0 saturated heterocycles. The van der Waals surface area contributed by atoms with E-state index in [2.05, 4.69) is 0 Å². The van der Waals surface area contributed by atoms with E-state index in [0.717, 1.165) is 0 Å². The average molecular weight is 1060 g/mol. The summed E-state index contributed by atoms with van der Waals surface area (Å²) in [6, 6.07) is 0. The number of rotatable bonds is 24. The molecular formula is C50H72O24. The molecule has 0 spiro atoms. The number of carbonyl (C=O) groups excluding carboxylic acids is 12. The van der Waals surface area contributed by atoms with Crippen molar-refractivity contribution in [1.82, 2.24) is 0 Å². The van der Waals surface area contributed by atoms with Gasteiger partial charge in [-0.15, -0.1) is 0 Å². The van der Waals surface area contributed by atoms with Crippen molar-refractivity contribution in [2.24, 2.45) is 0 Å². The summed E-state index contributed by atoms with van der Waals surface area (Å²) in [4.78, 5) is 154. The molecule has 4 rings (SSSR count). The fourth-order valence-electron chi connectivity index (χ4n) is 9.02. The zero-order valence-electron chi connectivity index (χ0n) is 44.5. The van der Waals surface area contributed by atoms with E-state index in [1.54, 1.807) is 83.1 Å². The smallest absolute Gasteiger partial charge is 0.344 e. The second-order valence-electron chi connectivity index (χ2n) is 22.7. The molecule has 0 radical (unpaired) electrons. The number of esters is 12. The molecule has 0 N–H and O–H groups in total. The minimum Gasteiger partial charge on any atom is -0.459 e. The third-order valence-corrected chi connectivity index (χ3v) is 10.4. The van der Waals surface area contributed by atoms with Crippen LogP contribution >= 0.6 is 0 Å². The van der Waals surface area contributed by atoms with Crippen LogP contribution in [0.5, 0.6) is 0 Å². The number of carbonyl (C=O) groups is 12. The minimum absolute atomic E-state index is 0.282. The van der Waals surface area contributed by atoms with Crippen molar-refractivity contribution < 1.29 is 114 Å². The third kappa shape index (κ3) is 22.8. The van der Waals surface area contributed by atoms with E-state index in [1.807, 2.05) is 0 Å². The van der Waals surface area contributed by atoms with Crippen LogP contribution in [0.15, 0.2) is 0 Å². The Bertz CT molecular complexity index is 1810. The summed E-state index contributed by atoms with van der Waals surface area (Å²) in [5.74, 6) is -11.2. The van der Waals surface area contributed by atoms with Crippen LogP contribution in [0.2, 0.25) is 0 Å². The van der Waals surface area contributed by atoms with Crippen molar-refractivity contribution in [3.8, 4) is 0 Å². The van der Waals surface area contributed by atoms with Gasteiger partial charge >= 0.3 is 71.6 Å². The minimum atomic E-state index is -1.78. The van der Waals surface area contributed by atoms with Gasteiger partial charge in [0, 0.05) is 38.5 Å². The van der Waals surface area contributed by atoms with Gasteiger partial charge in [-0.2, -0.15) is 0 Å². The maximum Gasteiger partial charge on any atom is 0.344 e. The van der Waals surface area contributed by atoms with Crippen LogP contribution in [0.1, 0.15) is 173 Å². The van der Waals surface area contributed by atoms with Gasteiger partial charge in [-0.05, 0) is 83.1 Å². The zero-order chi connectivity index (χ0) is 56.1. The Kier molecular flexibility index (Phi) is 20.7. The molecule has 0 amide bonds. The lowest BCUT2D eigenvalue weighted by molar-refractivity contribution is -0.309. The van der Waals surface area contributed by atoms with Crippen LogP contribution in [-0.4, -0.2) is 143 Å². The summed E-state index contributed by atoms with van der Waals surface area (Å²) in [5.41, 5.74) is -10.6. The van der Waals surface area contributed by atoms with Crippen molar-refractivity contribution in [3.05, 3.63) is 0 Å². The first-order valence-electron chi connectivity index (χ1n) is 24.2. The van der Waals surface area contributed by atoms with Gasteiger partial charge in [0.1, 0.15) is 44.8 Å². The normalized spacial score (nSPS) is 21.9. The third-order valence-electron chi connectivity index (χ3n) is 10.4. The Hall–Kier alpha value is -6.36. The Morgan fingerprint density at radius 3 is 0.554 bits per heavy atom. The van der Waals surface area contributed by atoms with Crippen molar-refractivity contribution >= 4 is 71.6 Å². The van der Waals surface area contributed by atoms with Gasteiger partial charge in [0.2, 0.25) is 0 Å². The molecule has 24 heteroatoms. The van der Waals surface area contributed by atoms with Crippen molar-refractivity contribution in [3.63, 3.8) is 0 Å². The first-order chi connectivity index (χ1) is 33.8. The standard InChI is InChI=1S/C50H72O24/c1-43(2,3)67-39(59)21-63-31(51)13-17-35(55)71-47-25-48(72-36(56)18-14-32(52)64-22-40(60)68-44(4,5)6)28-49(26-47,73-37(57)19-15-33(53)65-23-41(61)69-45(7,8)9)30-50(27-47,29-48)74-38(58)20-16-34(54)66-24-42(62)70-46(10,11)12/h13-30H2,1-12H3. The predicted octanol–water partition coefficient (Wildman–Crippen LogP) is 4.16. The van der Waals surface area contributed by atoms with E-state index < -0.39 is 194 Å². The fourth-order valence-corrected chi connectivity index (χ4v) is 9.02. The van der Waals surface area contributed by atoms with E-state index in [9.17, 15) is 57.5 Å². The molecule has 0 atom stereocenters. The van der Waals surface area contributed by atoms with Gasteiger partial charge in [-0.1, -0.05) is 0 Å². The molecule has 4 saturated carbocycles. The second kappa shape index (κ2) is 24.8. The van der Waals surface area contributed by atoms with Crippen molar-refractivity contribution in [2.75, 3.05) is 26.4 Å². The first-order valence-corrected chi connectivity index (χ1v) is 24.2. The highest BCUT2D eigenvalue weighted by Gasteiger charge is 2.74. The highest BCUT2D eigenvalue weighted by atomic mass is 16.6. The Labute approximate surface area is 429 Å². The first kappa shape index (κ1) is 61.9. The molecular weight excluding hydrogens is 985 g/mol. The molecule has 0 aromatic carbocycles. The van der Waals surface area contributed by atoms with Gasteiger partial charge in [-0.3, -0.25) is 38.4 Å². The van der Waals surface area contributed by atoms with Crippen molar-refractivity contribution in [2.45, 2.75) is 218 Å². The van der Waals surface area contributed by atoms with Gasteiger partial charge < -0.3 is 56.8 Å². The van der Waals surface area contributed by atoms with Crippen molar-refractivity contribution in [1.29, 1.82) is 0 Å². The van der Waals surface area contributed by atoms with E-state index in [-0.39, 0.29) is 38.5 Å².